The molecule has 0 atom stereocenters. The third-order valence-electron chi connectivity index (χ3n) is 0.586. The molecule has 0 aliphatic rings. The lowest BCUT2D eigenvalue weighted by molar-refractivity contribution is -0.248. The van der Waals surface area contributed by atoms with Crippen LogP contribution in [-0.4, -0.2) is 24.4 Å². The number of hydrogen-bond acceptors (Lipinski definition) is 4. The van der Waals surface area contributed by atoms with Crippen LogP contribution in [0, 0.1) is 0 Å². The van der Waals surface area contributed by atoms with E-state index in [0.717, 1.165) is 6.08 Å². The van der Waals surface area contributed by atoms with Crippen LogP contribution >= 0.6 is 0 Å². The summed E-state index contributed by atoms with van der Waals surface area (Å²) < 4.78 is 4.39. The first kappa shape index (κ1) is 8.13. The van der Waals surface area contributed by atoms with Crippen LogP contribution in [0.1, 0.15) is 0 Å². The molecular weight excluding hydrogens is 124 g/mol. The summed E-state index contributed by atoms with van der Waals surface area (Å²) in [5, 5.41) is 7.73. The molecule has 0 saturated heterocycles. The van der Waals surface area contributed by atoms with Crippen LogP contribution in [0.25, 0.3) is 0 Å². The highest BCUT2D eigenvalue weighted by Gasteiger charge is 1.92. The van der Waals surface area contributed by atoms with Crippen LogP contribution in [0.3, 0.4) is 0 Å². The average Bonchev–Trinajstić information content (AvgIpc) is 1.89. The molecule has 4 heteroatoms. The zero-order valence-corrected chi connectivity index (χ0v) is 4.87. The average molecular weight is 132 g/mol. The fourth-order valence-electron chi connectivity index (χ4n) is 0.238. The van der Waals surface area contributed by atoms with E-state index in [1.165, 1.54) is 0 Å². The van der Waals surface area contributed by atoms with E-state index in [2.05, 4.69) is 16.2 Å². The lowest BCUT2D eigenvalue weighted by atomic mass is 10.6. The molecule has 0 fully saturated rings. The van der Waals surface area contributed by atoms with Gasteiger partial charge in [0.25, 0.3) is 0 Å². The Morgan fingerprint density at radius 1 is 1.67 bits per heavy atom. The third kappa shape index (κ3) is 4.99. The molecule has 0 radical (unpaired) electrons. The maximum Gasteiger partial charge on any atom is 0.330 e. The highest BCUT2D eigenvalue weighted by atomic mass is 17.1. The molecule has 0 saturated carbocycles. The molecular formula is C5H8O4. The summed E-state index contributed by atoms with van der Waals surface area (Å²) in [4.78, 5) is 13.8. The van der Waals surface area contributed by atoms with E-state index in [1.54, 1.807) is 0 Å². The third-order valence-corrected chi connectivity index (χ3v) is 0.586. The zero-order valence-electron chi connectivity index (χ0n) is 4.87. The van der Waals surface area contributed by atoms with Gasteiger partial charge in [0.15, 0.2) is 0 Å². The van der Waals surface area contributed by atoms with Gasteiger partial charge < -0.3 is 4.74 Å². The van der Waals surface area contributed by atoms with Crippen molar-refractivity contribution in [1.82, 2.24) is 0 Å². The monoisotopic (exact) mass is 132 g/mol. The Morgan fingerprint density at radius 3 is 2.78 bits per heavy atom. The van der Waals surface area contributed by atoms with E-state index < -0.39 is 5.97 Å². The second-order valence-electron chi connectivity index (χ2n) is 1.20. The predicted octanol–water partition coefficient (Wildman–Crippen LogP) is 0.205. The van der Waals surface area contributed by atoms with Crippen molar-refractivity contribution in [2.45, 2.75) is 0 Å². The molecule has 0 heterocycles. The van der Waals surface area contributed by atoms with Crippen LogP contribution in [0.5, 0.6) is 0 Å². The van der Waals surface area contributed by atoms with Gasteiger partial charge in [0, 0.05) is 6.08 Å². The van der Waals surface area contributed by atoms with Gasteiger partial charge in [-0.3, -0.25) is 5.26 Å². The molecule has 0 aromatic heterocycles. The molecule has 0 aromatic carbocycles. The maximum absolute atomic E-state index is 10.2. The first-order valence-corrected chi connectivity index (χ1v) is 2.37. The molecule has 0 unspecified atom stereocenters. The first-order chi connectivity index (χ1) is 4.31. The second-order valence-corrected chi connectivity index (χ2v) is 1.20. The Balaban J connectivity index is 3.07. The SMILES string of the molecule is C=CC(=O)OCCOO. The lowest BCUT2D eigenvalue weighted by Crippen LogP contribution is -2.06. The molecule has 0 aromatic rings. The Morgan fingerprint density at radius 2 is 2.33 bits per heavy atom. The van der Waals surface area contributed by atoms with Crippen molar-refractivity contribution in [3.8, 4) is 0 Å². The Hall–Kier alpha value is -0.870. The zero-order chi connectivity index (χ0) is 7.11. The quantitative estimate of drug-likeness (QED) is 0.195. The number of hydrogen-bond donors (Lipinski definition) is 1. The van der Waals surface area contributed by atoms with Gasteiger partial charge in [-0.1, -0.05) is 6.58 Å². The van der Waals surface area contributed by atoms with Gasteiger partial charge in [0.2, 0.25) is 0 Å². The van der Waals surface area contributed by atoms with Crippen molar-refractivity contribution in [2.24, 2.45) is 0 Å². The minimum Gasteiger partial charge on any atom is -0.460 e. The van der Waals surface area contributed by atoms with Gasteiger partial charge in [-0.05, 0) is 0 Å². The summed E-state index contributed by atoms with van der Waals surface area (Å²) in [7, 11) is 0. The second kappa shape index (κ2) is 5.27. The van der Waals surface area contributed by atoms with E-state index in [1.807, 2.05) is 0 Å². The van der Waals surface area contributed by atoms with Gasteiger partial charge in [0.05, 0.1) is 0 Å². The molecule has 4 nitrogen and oxygen atoms in total. The van der Waals surface area contributed by atoms with Gasteiger partial charge in [-0.2, -0.15) is 0 Å². The van der Waals surface area contributed by atoms with Gasteiger partial charge in [0.1, 0.15) is 13.2 Å². The Kier molecular flexibility index (Phi) is 4.76. The predicted molar refractivity (Wildman–Crippen MR) is 29.7 cm³/mol. The molecule has 52 valence electrons. The summed E-state index contributed by atoms with van der Waals surface area (Å²) in [6.45, 7) is 3.19. The standard InChI is InChI=1S/C5H8O4/c1-2-5(6)8-3-4-9-7/h2,7H,1,3-4H2. The van der Waals surface area contributed by atoms with E-state index in [0.29, 0.717) is 0 Å². The van der Waals surface area contributed by atoms with Crippen LogP contribution in [-0.2, 0) is 14.4 Å². The van der Waals surface area contributed by atoms with Crippen molar-refractivity contribution in [1.29, 1.82) is 0 Å². The van der Waals surface area contributed by atoms with E-state index in [9.17, 15) is 4.79 Å². The molecule has 9 heavy (non-hydrogen) atoms. The minimum atomic E-state index is -0.521. The van der Waals surface area contributed by atoms with Crippen molar-refractivity contribution >= 4 is 5.97 Å². The molecule has 0 rings (SSSR count). The summed E-state index contributed by atoms with van der Waals surface area (Å²) in [5.74, 6) is -0.521. The molecule has 0 bridgehead atoms. The smallest absolute Gasteiger partial charge is 0.330 e. The summed E-state index contributed by atoms with van der Waals surface area (Å²) in [6.07, 6.45) is 1.04. The van der Waals surface area contributed by atoms with Crippen LogP contribution in [0.15, 0.2) is 12.7 Å². The summed E-state index contributed by atoms with van der Waals surface area (Å²) in [5.41, 5.74) is 0. The summed E-state index contributed by atoms with van der Waals surface area (Å²) >= 11 is 0. The lowest BCUT2D eigenvalue weighted by Gasteiger charge is -1.96. The van der Waals surface area contributed by atoms with Gasteiger partial charge in [-0.25, -0.2) is 9.68 Å². The largest absolute Gasteiger partial charge is 0.460 e. The van der Waals surface area contributed by atoms with Crippen LogP contribution in [0.2, 0.25) is 0 Å². The van der Waals surface area contributed by atoms with Crippen molar-refractivity contribution < 1.29 is 19.7 Å². The number of rotatable bonds is 4. The normalized spacial score (nSPS) is 8.56. The molecule has 0 amide bonds. The molecule has 1 N–H and O–H groups in total. The van der Waals surface area contributed by atoms with E-state index >= 15 is 0 Å². The van der Waals surface area contributed by atoms with Gasteiger partial charge in [-0.15, -0.1) is 0 Å². The van der Waals surface area contributed by atoms with Crippen LogP contribution < -0.4 is 0 Å². The molecule has 0 spiro atoms. The van der Waals surface area contributed by atoms with Crippen molar-refractivity contribution in [2.75, 3.05) is 13.2 Å². The minimum absolute atomic E-state index is 0.0143. The van der Waals surface area contributed by atoms with Crippen molar-refractivity contribution in [3.63, 3.8) is 0 Å². The number of carbonyl (C=O) groups excluding carboxylic acids is 1. The highest BCUT2D eigenvalue weighted by Crippen LogP contribution is 1.77. The Labute approximate surface area is 52.6 Å². The highest BCUT2D eigenvalue weighted by molar-refractivity contribution is 5.81. The summed E-state index contributed by atoms with van der Waals surface area (Å²) in [6, 6.07) is 0. The number of ether oxygens (including phenoxy) is 1. The topological polar surface area (TPSA) is 55.8 Å². The molecule has 0 aliphatic carbocycles. The molecule has 0 aliphatic heterocycles. The fourth-order valence-corrected chi connectivity index (χ4v) is 0.238. The first-order valence-electron chi connectivity index (χ1n) is 2.37. The van der Waals surface area contributed by atoms with E-state index in [-0.39, 0.29) is 13.2 Å². The number of carbonyl (C=O) groups is 1. The van der Waals surface area contributed by atoms with Gasteiger partial charge >= 0.3 is 5.97 Å². The van der Waals surface area contributed by atoms with Crippen molar-refractivity contribution in [3.05, 3.63) is 12.7 Å². The van der Waals surface area contributed by atoms with Crippen LogP contribution in [0.4, 0.5) is 0 Å². The number of esters is 1. The Bertz CT molecular complexity index is 99.1. The fraction of sp³-hybridized carbons (Fsp3) is 0.400. The maximum atomic E-state index is 10.2. The van der Waals surface area contributed by atoms with E-state index in [4.69, 9.17) is 5.26 Å².